The average Bonchev–Trinajstić information content (AvgIpc) is 3.02. The van der Waals surface area contributed by atoms with Gasteiger partial charge in [0.25, 0.3) is 5.88 Å². The Morgan fingerprint density at radius 3 is 2.75 bits per heavy atom. The summed E-state index contributed by atoms with van der Waals surface area (Å²) < 4.78 is 54.3. The molecule has 0 saturated carbocycles. The SMILES string of the molecule is N=C(/C=C(\NCCC(F)(F)F)c1ccon1)c1ncc(F)c(O)n1. The van der Waals surface area contributed by atoms with Crippen LogP contribution in [0.2, 0.25) is 0 Å². The summed E-state index contributed by atoms with van der Waals surface area (Å²) in [7, 11) is 0. The molecule has 0 aromatic carbocycles. The van der Waals surface area contributed by atoms with Crippen LogP contribution in [0, 0.1) is 11.2 Å². The maximum atomic E-state index is 12.9. The summed E-state index contributed by atoms with van der Waals surface area (Å²) in [5.41, 5.74) is -0.151. The molecule has 0 aliphatic heterocycles. The Balaban J connectivity index is 2.20. The zero-order valence-corrected chi connectivity index (χ0v) is 11.9. The van der Waals surface area contributed by atoms with Crippen molar-refractivity contribution >= 4 is 11.4 Å². The van der Waals surface area contributed by atoms with E-state index in [0.717, 1.165) is 6.08 Å². The molecular formula is C13H11F4N5O2. The molecule has 0 aliphatic rings. The van der Waals surface area contributed by atoms with Gasteiger partial charge in [0.2, 0.25) is 5.82 Å². The lowest BCUT2D eigenvalue weighted by molar-refractivity contribution is -0.132. The van der Waals surface area contributed by atoms with Crippen molar-refractivity contribution in [3.05, 3.63) is 41.9 Å². The van der Waals surface area contributed by atoms with Crippen LogP contribution in [0.4, 0.5) is 17.6 Å². The van der Waals surface area contributed by atoms with Crippen LogP contribution in [-0.2, 0) is 0 Å². The summed E-state index contributed by atoms with van der Waals surface area (Å²) >= 11 is 0. The first-order chi connectivity index (χ1) is 11.3. The molecule has 3 N–H and O–H groups in total. The highest BCUT2D eigenvalue weighted by molar-refractivity contribution is 6.07. The van der Waals surface area contributed by atoms with E-state index in [0.29, 0.717) is 6.20 Å². The molecule has 0 amide bonds. The first-order valence-corrected chi connectivity index (χ1v) is 6.50. The van der Waals surface area contributed by atoms with Crippen LogP contribution in [0.15, 0.2) is 29.1 Å². The summed E-state index contributed by atoms with van der Waals surface area (Å²) in [6.07, 6.45) is -2.46. The second-order valence-electron chi connectivity index (χ2n) is 4.51. The van der Waals surface area contributed by atoms with Crippen molar-refractivity contribution in [1.29, 1.82) is 5.41 Å². The van der Waals surface area contributed by atoms with Gasteiger partial charge in [-0.15, -0.1) is 0 Å². The lowest BCUT2D eigenvalue weighted by Crippen LogP contribution is -2.21. The number of nitrogens with one attached hydrogen (secondary N) is 2. The third-order valence-corrected chi connectivity index (χ3v) is 2.69. The van der Waals surface area contributed by atoms with Gasteiger partial charge < -0.3 is 14.9 Å². The summed E-state index contributed by atoms with van der Waals surface area (Å²) in [5, 5.41) is 23.1. The van der Waals surface area contributed by atoms with Crippen molar-refractivity contribution in [3.8, 4) is 5.88 Å². The Bertz CT molecular complexity index is 743. The van der Waals surface area contributed by atoms with Gasteiger partial charge >= 0.3 is 6.18 Å². The molecule has 2 aromatic heterocycles. The maximum Gasteiger partial charge on any atom is 0.390 e. The second-order valence-corrected chi connectivity index (χ2v) is 4.51. The molecule has 0 spiro atoms. The van der Waals surface area contributed by atoms with Crippen molar-refractivity contribution in [2.75, 3.05) is 6.54 Å². The number of halogens is 4. The minimum Gasteiger partial charge on any atom is -0.491 e. The van der Waals surface area contributed by atoms with Gasteiger partial charge in [0, 0.05) is 12.6 Å². The number of allylic oxidation sites excluding steroid dienone is 1. The minimum absolute atomic E-state index is 0.0606. The van der Waals surface area contributed by atoms with Gasteiger partial charge in [-0.3, -0.25) is 5.41 Å². The smallest absolute Gasteiger partial charge is 0.390 e. The van der Waals surface area contributed by atoms with Gasteiger partial charge in [0.15, 0.2) is 5.82 Å². The highest BCUT2D eigenvalue weighted by Gasteiger charge is 2.26. The normalized spacial score (nSPS) is 12.2. The monoisotopic (exact) mass is 345 g/mol. The Kier molecular flexibility index (Phi) is 5.11. The van der Waals surface area contributed by atoms with Crippen LogP contribution in [0.25, 0.3) is 5.70 Å². The lowest BCUT2D eigenvalue weighted by Gasteiger charge is -2.10. The molecule has 2 heterocycles. The number of hydrogen-bond acceptors (Lipinski definition) is 7. The van der Waals surface area contributed by atoms with Crippen molar-refractivity contribution in [3.63, 3.8) is 0 Å². The first-order valence-electron chi connectivity index (χ1n) is 6.50. The van der Waals surface area contributed by atoms with Crippen LogP contribution in [0.5, 0.6) is 5.88 Å². The number of alkyl halides is 3. The van der Waals surface area contributed by atoms with E-state index in [1.807, 2.05) is 0 Å². The molecule has 24 heavy (non-hydrogen) atoms. The molecule has 128 valence electrons. The third kappa shape index (κ3) is 4.76. The standard InChI is InChI=1S/C13H11F4N5O2/c14-7-6-20-11(21-12(7)23)8(18)5-10(9-1-4-24-22-9)19-3-2-13(15,16)17/h1,4-6,18-19H,2-3H2,(H,20,21,23)/b10-5-,18-8?. The topological polar surface area (TPSA) is 108 Å². The summed E-state index contributed by atoms with van der Waals surface area (Å²) in [4.78, 5) is 6.90. The molecule has 0 fully saturated rings. The van der Waals surface area contributed by atoms with Gasteiger partial charge in [-0.1, -0.05) is 5.16 Å². The van der Waals surface area contributed by atoms with E-state index in [-0.39, 0.29) is 22.9 Å². The predicted molar refractivity (Wildman–Crippen MR) is 73.6 cm³/mol. The number of nitrogens with zero attached hydrogens (tertiary/aromatic N) is 3. The molecule has 7 nitrogen and oxygen atoms in total. The molecule has 2 aromatic rings. The van der Waals surface area contributed by atoms with Crippen molar-refractivity contribution < 1.29 is 27.2 Å². The Hall–Kier alpha value is -2.98. The van der Waals surface area contributed by atoms with E-state index < -0.39 is 30.8 Å². The summed E-state index contributed by atoms with van der Waals surface area (Å²) in [6, 6.07) is 1.38. The van der Waals surface area contributed by atoms with Crippen molar-refractivity contribution in [2.24, 2.45) is 0 Å². The molecule has 2 rings (SSSR count). The average molecular weight is 345 g/mol. The van der Waals surface area contributed by atoms with Gasteiger partial charge in [-0.05, 0) is 6.08 Å². The summed E-state index contributed by atoms with van der Waals surface area (Å²) in [5.74, 6) is -2.31. The molecule has 0 unspecified atom stereocenters. The third-order valence-electron chi connectivity index (χ3n) is 2.69. The number of aromatic hydroxyl groups is 1. The Morgan fingerprint density at radius 2 is 2.17 bits per heavy atom. The fraction of sp³-hybridized carbons (Fsp3) is 0.231. The second kappa shape index (κ2) is 7.06. The zero-order chi connectivity index (χ0) is 17.7. The first kappa shape index (κ1) is 17.4. The van der Waals surface area contributed by atoms with Crippen molar-refractivity contribution in [1.82, 2.24) is 20.4 Å². The lowest BCUT2D eigenvalue weighted by atomic mass is 10.2. The van der Waals surface area contributed by atoms with E-state index in [9.17, 15) is 22.7 Å². The number of aromatic nitrogens is 3. The van der Waals surface area contributed by atoms with Crippen LogP contribution < -0.4 is 5.32 Å². The highest BCUT2D eigenvalue weighted by atomic mass is 19.4. The van der Waals surface area contributed by atoms with E-state index in [1.54, 1.807) is 0 Å². The van der Waals surface area contributed by atoms with Gasteiger partial charge in [0.05, 0.1) is 18.3 Å². The van der Waals surface area contributed by atoms with E-state index in [1.165, 1.54) is 12.3 Å². The van der Waals surface area contributed by atoms with E-state index in [4.69, 9.17) is 5.41 Å². The number of hydrogen-bond donors (Lipinski definition) is 3. The van der Waals surface area contributed by atoms with Crippen molar-refractivity contribution in [2.45, 2.75) is 12.6 Å². The maximum absolute atomic E-state index is 12.9. The summed E-state index contributed by atoms with van der Waals surface area (Å²) in [6.45, 7) is -0.453. The fourth-order valence-electron chi connectivity index (χ4n) is 1.60. The number of rotatable bonds is 6. The fourth-order valence-corrected chi connectivity index (χ4v) is 1.60. The molecular weight excluding hydrogens is 334 g/mol. The predicted octanol–water partition coefficient (Wildman–Crippen LogP) is 2.26. The molecule has 0 radical (unpaired) electrons. The van der Waals surface area contributed by atoms with E-state index in [2.05, 4.69) is 25.0 Å². The molecule has 11 heteroatoms. The van der Waals surface area contributed by atoms with E-state index >= 15 is 0 Å². The molecule has 0 atom stereocenters. The molecule has 0 bridgehead atoms. The largest absolute Gasteiger partial charge is 0.491 e. The van der Waals surface area contributed by atoms with Crippen LogP contribution >= 0.6 is 0 Å². The molecule has 0 saturated heterocycles. The Labute approximate surface area is 132 Å². The quantitative estimate of drug-likeness (QED) is 0.547. The molecule has 0 aliphatic carbocycles. The van der Waals surface area contributed by atoms with Gasteiger partial charge in [-0.25, -0.2) is 4.98 Å². The Morgan fingerprint density at radius 1 is 1.42 bits per heavy atom. The van der Waals surface area contributed by atoms with Crippen LogP contribution in [0.1, 0.15) is 17.9 Å². The van der Waals surface area contributed by atoms with Crippen LogP contribution in [0.3, 0.4) is 0 Å². The van der Waals surface area contributed by atoms with Gasteiger partial charge in [0.1, 0.15) is 17.7 Å². The zero-order valence-electron chi connectivity index (χ0n) is 11.9. The minimum atomic E-state index is -4.35. The highest BCUT2D eigenvalue weighted by Crippen LogP contribution is 2.19. The van der Waals surface area contributed by atoms with Crippen LogP contribution in [-0.4, -0.2) is 38.7 Å². The van der Waals surface area contributed by atoms with Gasteiger partial charge in [-0.2, -0.15) is 22.5 Å².